The minimum Gasteiger partial charge on any atom is -0.307 e. The Bertz CT molecular complexity index is 967. The van der Waals surface area contributed by atoms with Crippen LogP contribution in [0.4, 0.5) is 10.5 Å². The summed E-state index contributed by atoms with van der Waals surface area (Å²) in [7, 11) is -3.69. The first-order chi connectivity index (χ1) is 15.3. The fraction of sp³-hybridized carbons (Fsp3) is 0.708. The fourth-order valence-corrected chi connectivity index (χ4v) is 7.32. The summed E-state index contributed by atoms with van der Waals surface area (Å²) in [5.41, 5.74) is 5.95. The van der Waals surface area contributed by atoms with E-state index in [0.717, 1.165) is 70.4 Å². The van der Waals surface area contributed by atoms with E-state index in [4.69, 9.17) is 0 Å². The van der Waals surface area contributed by atoms with Gasteiger partial charge in [0, 0.05) is 82.2 Å². The largest absolute Gasteiger partial charge is 0.332 e. The van der Waals surface area contributed by atoms with Crippen LogP contribution < -0.4 is 10.0 Å². The van der Waals surface area contributed by atoms with Crippen molar-refractivity contribution >= 4 is 73.1 Å². The van der Waals surface area contributed by atoms with E-state index in [9.17, 15) is 13.2 Å². The van der Waals surface area contributed by atoms with Crippen LogP contribution in [0.5, 0.6) is 0 Å². The van der Waals surface area contributed by atoms with Gasteiger partial charge in [-0.2, -0.15) is 0 Å². The van der Waals surface area contributed by atoms with Crippen LogP contribution >= 0.6 is 0 Å². The van der Waals surface area contributed by atoms with Crippen molar-refractivity contribution < 1.29 is 13.2 Å². The molecule has 2 saturated heterocycles. The predicted octanol–water partition coefficient (Wildman–Crippen LogP) is 2.29. The molecule has 1 aromatic carbocycles. The molecule has 2 fully saturated rings. The summed E-state index contributed by atoms with van der Waals surface area (Å²) in [6.07, 6.45) is 7.37. The smallest absolute Gasteiger partial charge is 0.307 e. The Kier molecular flexibility index (Phi) is 8.33. The van der Waals surface area contributed by atoms with Crippen molar-refractivity contribution in [3.05, 3.63) is 28.3 Å². The molecule has 7 nitrogen and oxygen atoms in total. The molecule has 177 valence electrons. The molecular formula is C24H36KN4O3S. The number of likely N-dealkylation sites (tertiary alicyclic amines) is 2. The molecule has 2 N–H and O–H groups in total. The number of benzene rings is 1. The zero-order valence-electron chi connectivity index (χ0n) is 20.3. The summed E-state index contributed by atoms with van der Waals surface area (Å²) < 4.78 is 28.3. The molecule has 5 rings (SSSR count). The third-order valence-electron chi connectivity index (χ3n) is 8.00. The van der Waals surface area contributed by atoms with Gasteiger partial charge >= 0.3 is 6.03 Å². The molecule has 9 heteroatoms. The summed E-state index contributed by atoms with van der Waals surface area (Å²) in [6.45, 7) is 8.13. The number of anilines is 1. The minimum atomic E-state index is -3.69. The van der Waals surface area contributed by atoms with Gasteiger partial charge in [0.15, 0.2) is 0 Å². The van der Waals surface area contributed by atoms with Crippen LogP contribution in [0.3, 0.4) is 0 Å². The third kappa shape index (κ3) is 5.40. The van der Waals surface area contributed by atoms with Crippen LogP contribution in [0.25, 0.3) is 0 Å². The van der Waals surface area contributed by atoms with E-state index in [-0.39, 0.29) is 51.4 Å². The quantitative estimate of drug-likeness (QED) is 0.608. The average molecular weight is 500 g/mol. The minimum absolute atomic E-state index is 0. The van der Waals surface area contributed by atoms with E-state index < -0.39 is 21.3 Å². The van der Waals surface area contributed by atoms with Crippen LogP contribution in [0, 0.1) is 0 Å². The summed E-state index contributed by atoms with van der Waals surface area (Å²) in [6, 6.07) is 2.81. The molecule has 0 saturated carbocycles. The molecule has 0 bridgehead atoms. The van der Waals surface area contributed by atoms with Crippen LogP contribution in [0.15, 0.2) is 6.07 Å². The molecule has 0 aromatic heterocycles. The molecule has 2 aliphatic heterocycles. The van der Waals surface area contributed by atoms with Gasteiger partial charge in [0.1, 0.15) is 0 Å². The van der Waals surface area contributed by atoms with E-state index in [2.05, 4.69) is 39.8 Å². The van der Waals surface area contributed by atoms with Gasteiger partial charge < -0.3 is 5.32 Å². The van der Waals surface area contributed by atoms with Gasteiger partial charge in [0.2, 0.25) is 10.0 Å². The van der Waals surface area contributed by atoms with Gasteiger partial charge in [-0.3, -0.25) is 9.80 Å². The number of carbonyl (C=O) groups excluding carboxylic acids is 1. The number of amides is 2. The van der Waals surface area contributed by atoms with Gasteiger partial charge in [-0.05, 0) is 101 Å². The van der Waals surface area contributed by atoms with Crippen molar-refractivity contribution in [2.75, 3.05) is 31.5 Å². The second kappa shape index (κ2) is 10.5. The summed E-state index contributed by atoms with van der Waals surface area (Å²) >= 11 is 0. The van der Waals surface area contributed by atoms with Crippen molar-refractivity contribution in [3.8, 4) is 0 Å². The Labute approximate surface area is 240 Å². The number of carbonyl (C=O) groups is 1. The number of sulfonamides is 1. The number of rotatable bonds is 5. The molecule has 1 aromatic rings. The number of urea groups is 1. The normalized spacial score (nSPS) is 21.9. The number of piperidine rings is 1. The fourth-order valence-electron chi connectivity index (χ4n) is 6.01. The first-order valence-corrected chi connectivity index (χ1v) is 13.8. The van der Waals surface area contributed by atoms with E-state index in [1.165, 1.54) is 22.3 Å². The van der Waals surface area contributed by atoms with E-state index in [1.54, 1.807) is 0 Å². The van der Waals surface area contributed by atoms with Crippen molar-refractivity contribution in [2.24, 2.45) is 0 Å². The molecule has 33 heavy (non-hydrogen) atoms. The Morgan fingerprint density at radius 3 is 2.12 bits per heavy atom. The zero-order chi connectivity index (χ0) is 22.5. The van der Waals surface area contributed by atoms with Crippen molar-refractivity contribution in [3.63, 3.8) is 0 Å². The first-order valence-electron chi connectivity index (χ1n) is 12.3. The van der Waals surface area contributed by atoms with Crippen LogP contribution in [-0.2, 0) is 35.7 Å². The number of hydrogen-bond acceptors (Lipinski definition) is 5. The molecular weight excluding hydrogens is 463 g/mol. The predicted molar refractivity (Wildman–Crippen MR) is 132 cm³/mol. The number of nitrogens with one attached hydrogen (secondary N) is 2. The maximum atomic E-state index is 13.0. The summed E-state index contributed by atoms with van der Waals surface area (Å²) in [4.78, 5) is 17.6. The molecule has 2 amide bonds. The second-order valence-electron chi connectivity index (χ2n) is 10.3. The van der Waals surface area contributed by atoms with Crippen molar-refractivity contribution in [2.45, 2.75) is 82.5 Å². The standard InChI is InChI=1S/C24H36N4O3S.K/c1-16(2)28-14-19(15-28)27-11-9-20(10-12-27)32(30,31)26-24(29)25-23-21-7-3-5-17(21)13-18-6-4-8-22(18)23;/h13,16,19-20H,3-12,14-15H2,1-2H3,(H2,25,26,29);. The third-order valence-corrected chi connectivity index (χ3v) is 9.82. The Hall–Kier alpha value is -0.00364. The van der Waals surface area contributed by atoms with Gasteiger partial charge in [-0.1, -0.05) is 6.07 Å². The first kappa shape index (κ1) is 26.1. The molecule has 4 aliphatic rings. The molecule has 2 heterocycles. The average Bonchev–Trinajstić information content (AvgIpc) is 3.35. The Morgan fingerprint density at radius 2 is 1.58 bits per heavy atom. The maximum absolute atomic E-state index is 13.0. The topological polar surface area (TPSA) is 81.8 Å². The van der Waals surface area contributed by atoms with Gasteiger partial charge in [0.05, 0.1) is 5.25 Å². The molecule has 0 spiro atoms. The summed E-state index contributed by atoms with van der Waals surface area (Å²) in [5, 5.41) is 2.45. The Morgan fingerprint density at radius 1 is 1.00 bits per heavy atom. The number of fused-ring (bicyclic) bond motifs is 2. The number of hydrogen-bond donors (Lipinski definition) is 2. The van der Waals surface area contributed by atoms with Crippen molar-refractivity contribution in [1.29, 1.82) is 0 Å². The number of nitrogens with zero attached hydrogens (tertiary/aromatic N) is 2. The SMILES string of the molecule is CC(C)N1CC(N2CCC(S(=O)(=O)NC(=O)Nc3c4c(cc5c3CCC5)CCC4)CC2)C1.[K]. The second-order valence-corrected chi connectivity index (χ2v) is 12.2. The van der Waals surface area contributed by atoms with E-state index in [1.807, 2.05) is 0 Å². The van der Waals surface area contributed by atoms with E-state index >= 15 is 0 Å². The summed E-state index contributed by atoms with van der Waals surface area (Å²) in [5.74, 6) is 0. The molecule has 2 aliphatic carbocycles. The van der Waals surface area contributed by atoms with Crippen LogP contribution in [0.2, 0.25) is 0 Å². The van der Waals surface area contributed by atoms with Crippen molar-refractivity contribution in [1.82, 2.24) is 14.5 Å². The zero-order valence-corrected chi connectivity index (χ0v) is 24.3. The Balaban J connectivity index is 0.00000259. The number of aryl methyl sites for hydroxylation is 2. The van der Waals surface area contributed by atoms with Gasteiger partial charge in [-0.25, -0.2) is 17.9 Å². The van der Waals surface area contributed by atoms with Crippen LogP contribution in [-0.4, -0.2) is 119 Å². The molecule has 1 radical (unpaired) electrons. The molecule has 0 unspecified atom stereocenters. The van der Waals surface area contributed by atoms with E-state index in [0.29, 0.717) is 24.9 Å². The van der Waals surface area contributed by atoms with Gasteiger partial charge in [0.25, 0.3) is 0 Å². The van der Waals surface area contributed by atoms with Crippen LogP contribution in [0.1, 0.15) is 61.8 Å². The molecule has 0 atom stereocenters. The van der Waals surface area contributed by atoms with Gasteiger partial charge in [-0.15, -0.1) is 0 Å². The maximum Gasteiger partial charge on any atom is 0.332 e. The monoisotopic (exact) mass is 499 g/mol.